The van der Waals surface area contributed by atoms with E-state index in [2.05, 4.69) is 19.9 Å². The zero-order valence-corrected chi connectivity index (χ0v) is 18.2. The number of nitrogens with zero attached hydrogens (tertiary/aromatic N) is 4. The molecule has 9 nitrogen and oxygen atoms in total. The Kier molecular flexibility index (Phi) is 5.28. The molecule has 1 amide bonds. The van der Waals surface area contributed by atoms with Gasteiger partial charge in [0.25, 0.3) is 5.91 Å². The molecule has 2 heterocycles. The molecule has 0 saturated heterocycles. The molecule has 9 heteroatoms. The number of likely N-dealkylation sites (N-methyl/N-ethyl adjacent to an activating group) is 2. The molecular weight excluding hydrogens is 394 g/mol. The van der Waals surface area contributed by atoms with Crippen LogP contribution in [0.3, 0.4) is 0 Å². The monoisotopic (exact) mass is 421 g/mol. The van der Waals surface area contributed by atoms with E-state index in [0.29, 0.717) is 23.1 Å². The van der Waals surface area contributed by atoms with Gasteiger partial charge in [-0.1, -0.05) is 6.07 Å². The number of benzene rings is 2. The van der Waals surface area contributed by atoms with Gasteiger partial charge in [0.2, 0.25) is 0 Å². The van der Waals surface area contributed by atoms with Crippen molar-refractivity contribution in [1.29, 1.82) is 0 Å². The number of rotatable bonds is 7. The molecule has 0 aliphatic carbocycles. The maximum absolute atomic E-state index is 12.4. The Bertz CT molecular complexity index is 1330. The fraction of sp³-hybridized carbons (Fsp3) is 0.318. The summed E-state index contributed by atoms with van der Waals surface area (Å²) in [5.74, 6) is -0.507. The summed E-state index contributed by atoms with van der Waals surface area (Å²) in [6, 6.07) is 7.80. The van der Waals surface area contributed by atoms with E-state index in [4.69, 9.17) is 5.73 Å². The number of aromatic amines is 2. The molecule has 0 atom stereocenters. The van der Waals surface area contributed by atoms with Crippen LogP contribution in [0.5, 0.6) is 0 Å². The molecule has 4 rings (SSSR count). The summed E-state index contributed by atoms with van der Waals surface area (Å²) in [6.45, 7) is 4.07. The minimum Gasteiger partial charge on any atom is -0.373 e. The number of amides is 1. The summed E-state index contributed by atoms with van der Waals surface area (Å²) in [7, 11) is 5.95. The Balaban J connectivity index is 1.93. The van der Waals surface area contributed by atoms with Gasteiger partial charge in [-0.3, -0.25) is 9.36 Å². The third kappa shape index (κ3) is 3.57. The Morgan fingerprint density at radius 1 is 1.19 bits per heavy atom. The topological polar surface area (TPSA) is 116 Å². The Morgan fingerprint density at radius 2 is 1.97 bits per heavy atom. The van der Waals surface area contributed by atoms with Crippen LogP contribution in [0.1, 0.15) is 17.3 Å². The molecule has 4 N–H and O–H groups in total. The molecule has 0 aliphatic heterocycles. The fourth-order valence-electron chi connectivity index (χ4n) is 3.98. The molecular formula is C22H27N7O2. The second kappa shape index (κ2) is 7.92. The maximum Gasteiger partial charge on any atom is 0.326 e. The number of aryl methyl sites for hydroxylation is 1. The number of H-pyrrole nitrogens is 2. The van der Waals surface area contributed by atoms with Gasteiger partial charge in [0.15, 0.2) is 0 Å². The van der Waals surface area contributed by atoms with Gasteiger partial charge in [0.05, 0.1) is 39.6 Å². The quantitative estimate of drug-likeness (QED) is 0.422. The minimum absolute atomic E-state index is 0.132. The van der Waals surface area contributed by atoms with E-state index < -0.39 is 5.91 Å². The smallest absolute Gasteiger partial charge is 0.326 e. The number of fused-ring (bicyclic) bond motifs is 2. The van der Waals surface area contributed by atoms with E-state index in [1.54, 1.807) is 10.9 Å². The van der Waals surface area contributed by atoms with Crippen LogP contribution in [0, 0.1) is 0 Å². The van der Waals surface area contributed by atoms with Crippen molar-refractivity contribution < 1.29 is 4.79 Å². The van der Waals surface area contributed by atoms with Gasteiger partial charge in [-0.15, -0.1) is 0 Å². The zero-order chi connectivity index (χ0) is 22.3. The van der Waals surface area contributed by atoms with Gasteiger partial charge < -0.3 is 25.5 Å². The summed E-state index contributed by atoms with van der Waals surface area (Å²) in [5, 5.41) is 0. The third-order valence-corrected chi connectivity index (χ3v) is 5.62. The molecule has 162 valence electrons. The van der Waals surface area contributed by atoms with Crippen LogP contribution < -0.4 is 16.3 Å². The van der Waals surface area contributed by atoms with E-state index in [0.717, 1.165) is 40.9 Å². The highest BCUT2D eigenvalue weighted by molar-refractivity contribution is 6.13. The molecule has 2 aromatic carbocycles. The molecule has 0 aliphatic rings. The predicted octanol–water partition coefficient (Wildman–Crippen LogP) is 1.99. The largest absolute Gasteiger partial charge is 0.373 e. The van der Waals surface area contributed by atoms with Crippen molar-refractivity contribution in [2.24, 2.45) is 5.73 Å². The molecule has 0 radical (unpaired) electrons. The van der Waals surface area contributed by atoms with Crippen molar-refractivity contribution in [2.75, 3.05) is 39.1 Å². The summed E-state index contributed by atoms with van der Waals surface area (Å²) < 4.78 is 1.69. The lowest BCUT2D eigenvalue weighted by Gasteiger charge is -2.24. The number of aromatic nitrogens is 4. The van der Waals surface area contributed by atoms with Crippen molar-refractivity contribution in [3.8, 4) is 11.1 Å². The number of hydrogen-bond acceptors (Lipinski definition) is 5. The number of nitrogens with two attached hydrogens (primary N) is 1. The van der Waals surface area contributed by atoms with Crippen LogP contribution in [0.15, 0.2) is 35.4 Å². The lowest BCUT2D eigenvalue weighted by molar-refractivity contribution is 0.100. The summed E-state index contributed by atoms with van der Waals surface area (Å²) >= 11 is 0. The van der Waals surface area contributed by atoms with Crippen LogP contribution >= 0.6 is 0 Å². The van der Waals surface area contributed by atoms with Crippen molar-refractivity contribution in [1.82, 2.24) is 24.4 Å². The van der Waals surface area contributed by atoms with Crippen LogP contribution in [-0.2, 0) is 6.54 Å². The second-order valence-corrected chi connectivity index (χ2v) is 7.94. The average Bonchev–Trinajstić information content (AvgIpc) is 3.33. The molecule has 0 spiro atoms. The lowest BCUT2D eigenvalue weighted by Crippen LogP contribution is -2.30. The Labute approximate surface area is 179 Å². The van der Waals surface area contributed by atoms with Crippen molar-refractivity contribution >= 4 is 33.7 Å². The number of carbonyl (C=O) groups excluding carboxylic acids is 1. The molecule has 4 aromatic rings. The first kappa shape index (κ1) is 20.7. The number of anilines is 1. The zero-order valence-electron chi connectivity index (χ0n) is 18.2. The van der Waals surface area contributed by atoms with E-state index in [-0.39, 0.29) is 5.69 Å². The van der Waals surface area contributed by atoms with Crippen LogP contribution in [0.25, 0.3) is 33.2 Å². The van der Waals surface area contributed by atoms with E-state index in [1.807, 2.05) is 57.2 Å². The van der Waals surface area contributed by atoms with Crippen LogP contribution in [0.2, 0.25) is 0 Å². The fourth-order valence-corrected chi connectivity index (χ4v) is 3.98. The molecule has 2 aromatic heterocycles. The number of carbonyl (C=O) groups is 1. The molecule has 0 bridgehead atoms. The highest BCUT2D eigenvalue weighted by atomic mass is 16.1. The Morgan fingerprint density at radius 3 is 2.65 bits per heavy atom. The normalized spacial score (nSPS) is 11.6. The van der Waals surface area contributed by atoms with Gasteiger partial charge in [-0.25, -0.2) is 9.78 Å². The molecule has 0 unspecified atom stereocenters. The van der Waals surface area contributed by atoms with E-state index in [1.165, 1.54) is 0 Å². The first-order chi connectivity index (χ1) is 14.8. The van der Waals surface area contributed by atoms with Crippen molar-refractivity contribution in [2.45, 2.75) is 13.5 Å². The predicted molar refractivity (Wildman–Crippen MR) is 124 cm³/mol. The Hall–Kier alpha value is -3.59. The standard InChI is InChI=1S/C22H27N7O2/c1-5-29-16-7-6-13(10-15(16)26-22(29)31)14-11-17(28(4)9-8-27(2)3)18(21(23)30)20-19(14)24-12-25-20/h6-7,10-12H,5,8-9H2,1-4H3,(H2,23,30)(H,24,25)(H,26,31). The maximum atomic E-state index is 12.4. The van der Waals surface area contributed by atoms with Gasteiger partial charge in [-0.05, 0) is 44.8 Å². The average molecular weight is 422 g/mol. The highest BCUT2D eigenvalue weighted by Crippen LogP contribution is 2.36. The summed E-state index contributed by atoms with van der Waals surface area (Å²) in [6.07, 6.45) is 1.57. The van der Waals surface area contributed by atoms with Gasteiger partial charge in [-0.2, -0.15) is 0 Å². The second-order valence-electron chi connectivity index (χ2n) is 7.94. The number of imidazole rings is 2. The minimum atomic E-state index is -0.507. The van der Waals surface area contributed by atoms with Gasteiger partial charge >= 0.3 is 5.69 Å². The van der Waals surface area contributed by atoms with Crippen LogP contribution in [0.4, 0.5) is 5.69 Å². The first-order valence-corrected chi connectivity index (χ1v) is 10.2. The molecule has 0 saturated carbocycles. The summed E-state index contributed by atoms with van der Waals surface area (Å²) in [5.41, 5.74) is 11.4. The van der Waals surface area contributed by atoms with Crippen molar-refractivity contribution in [3.63, 3.8) is 0 Å². The lowest BCUT2D eigenvalue weighted by atomic mass is 9.98. The van der Waals surface area contributed by atoms with Gasteiger partial charge in [0.1, 0.15) is 0 Å². The number of primary amides is 1. The number of hydrogen-bond donors (Lipinski definition) is 3. The highest BCUT2D eigenvalue weighted by Gasteiger charge is 2.22. The first-order valence-electron chi connectivity index (χ1n) is 10.2. The van der Waals surface area contributed by atoms with Crippen molar-refractivity contribution in [3.05, 3.63) is 46.6 Å². The van der Waals surface area contributed by atoms with Crippen LogP contribution in [-0.4, -0.2) is 64.6 Å². The molecule has 31 heavy (non-hydrogen) atoms. The number of nitrogens with one attached hydrogen (secondary N) is 2. The molecule has 0 fully saturated rings. The SMILES string of the molecule is CCn1c(=O)[nH]c2cc(-c3cc(N(C)CCN(C)C)c(C(N)=O)c4[nH]cnc34)ccc21. The third-order valence-electron chi connectivity index (χ3n) is 5.62. The van der Waals surface area contributed by atoms with E-state index >= 15 is 0 Å². The summed E-state index contributed by atoms with van der Waals surface area (Å²) in [4.78, 5) is 39.2. The van der Waals surface area contributed by atoms with E-state index in [9.17, 15) is 9.59 Å². The van der Waals surface area contributed by atoms with Gasteiger partial charge in [0, 0.05) is 32.2 Å².